The Morgan fingerprint density at radius 3 is 2.86 bits per heavy atom. The number of rotatable bonds is 4. The van der Waals surface area contributed by atoms with Gasteiger partial charge >= 0.3 is 0 Å². The summed E-state index contributed by atoms with van der Waals surface area (Å²) in [5.74, 6) is -2.36. The Morgan fingerprint density at radius 2 is 2.18 bits per heavy atom. The number of halogens is 2. The minimum absolute atomic E-state index is 0.100. The van der Waals surface area contributed by atoms with Crippen LogP contribution >= 0.6 is 11.8 Å². The van der Waals surface area contributed by atoms with Gasteiger partial charge in [-0.05, 0) is 25.0 Å². The average Bonchev–Trinajstić information content (AvgIpc) is 3.18. The maximum atomic E-state index is 13.5. The van der Waals surface area contributed by atoms with Crippen molar-refractivity contribution in [3.8, 4) is 0 Å². The molecule has 2 aliphatic rings. The first-order valence-electron chi connectivity index (χ1n) is 6.81. The molecule has 3 rings (SSSR count). The highest BCUT2D eigenvalue weighted by molar-refractivity contribution is 8.15. The Balaban J connectivity index is 1.58. The van der Waals surface area contributed by atoms with Gasteiger partial charge in [-0.15, -0.1) is 0 Å². The third-order valence-electron chi connectivity index (χ3n) is 3.20. The Bertz CT molecular complexity index is 661. The molecule has 8 heteroatoms. The molecular weight excluding hydrogens is 312 g/mol. The molecular formula is C14H13F2N3O2S. The van der Waals surface area contributed by atoms with Crippen LogP contribution in [0.25, 0.3) is 0 Å². The van der Waals surface area contributed by atoms with E-state index < -0.39 is 22.8 Å². The van der Waals surface area contributed by atoms with E-state index in [-0.39, 0.29) is 24.1 Å². The van der Waals surface area contributed by atoms with E-state index in [2.05, 4.69) is 15.6 Å². The van der Waals surface area contributed by atoms with Crippen molar-refractivity contribution in [2.45, 2.75) is 30.6 Å². The van der Waals surface area contributed by atoms with Crippen LogP contribution < -0.4 is 10.6 Å². The average molecular weight is 325 g/mol. The van der Waals surface area contributed by atoms with Crippen LogP contribution in [0.15, 0.2) is 23.2 Å². The number of carbonyl (C=O) groups is 2. The van der Waals surface area contributed by atoms with Crippen molar-refractivity contribution in [2.75, 3.05) is 5.32 Å². The van der Waals surface area contributed by atoms with Crippen LogP contribution in [0.1, 0.15) is 19.3 Å². The molecule has 5 nitrogen and oxygen atoms in total. The lowest BCUT2D eigenvalue weighted by atomic mass is 10.2. The lowest BCUT2D eigenvalue weighted by molar-refractivity contribution is -0.122. The number of hydrogen-bond acceptors (Lipinski definition) is 4. The van der Waals surface area contributed by atoms with Gasteiger partial charge in [0.05, 0.1) is 11.7 Å². The van der Waals surface area contributed by atoms with E-state index in [1.807, 2.05) is 0 Å². The van der Waals surface area contributed by atoms with Crippen LogP contribution in [-0.2, 0) is 9.59 Å². The highest BCUT2D eigenvalue weighted by Crippen LogP contribution is 2.29. The molecule has 1 aliphatic carbocycles. The maximum Gasteiger partial charge on any atom is 0.240 e. The lowest BCUT2D eigenvalue weighted by Crippen LogP contribution is -2.28. The molecule has 0 spiro atoms. The number of thioether (sulfide) groups is 1. The molecule has 2 fully saturated rings. The van der Waals surface area contributed by atoms with Crippen molar-refractivity contribution >= 4 is 34.4 Å². The quantitative estimate of drug-likeness (QED) is 0.890. The molecule has 2 amide bonds. The van der Waals surface area contributed by atoms with Crippen LogP contribution in [0.4, 0.5) is 14.5 Å². The van der Waals surface area contributed by atoms with E-state index in [4.69, 9.17) is 0 Å². The summed E-state index contributed by atoms with van der Waals surface area (Å²) in [7, 11) is 0. The largest absolute Gasteiger partial charge is 0.324 e. The van der Waals surface area contributed by atoms with Gasteiger partial charge in [-0.3, -0.25) is 14.6 Å². The van der Waals surface area contributed by atoms with Crippen LogP contribution in [-0.4, -0.2) is 28.3 Å². The van der Waals surface area contributed by atoms with Gasteiger partial charge in [0.1, 0.15) is 16.9 Å². The molecule has 22 heavy (non-hydrogen) atoms. The fourth-order valence-corrected chi connectivity index (χ4v) is 2.97. The molecule has 116 valence electrons. The fraction of sp³-hybridized carbons (Fsp3) is 0.357. The Hall–Kier alpha value is -1.96. The third kappa shape index (κ3) is 3.62. The monoisotopic (exact) mass is 325 g/mol. The number of anilines is 1. The number of carbonyl (C=O) groups excluding carboxylic acids is 2. The molecule has 2 N–H and O–H groups in total. The summed E-state index contributed by atoms with van der Waals surface area (Å²) in [5, 5.41) is 4.93. The first kappa shape index (κ1) is 15.0. The number of benzene rings is 1. The van der Waals surface area contributed by atoms with Gasteiger partial charge in [-0.25, -0.2) is 8.78 Å². The van der Waals surface area contributed by atoms with E-state index in [9.17, 15) is 18.4 Å². The first-order chi connectivity index (χ1) is 10.5. The number of hydrogen-bond donors (Lipinski definition) is 2. The predicted octanol–water partition coefficient (Wildman–Crippen LogP) is 2.04. The van der Waals surface area contributed by atoms with E-state index in [0.29, 0.717) is 11.2 Å². The SMILES string of the molecule is O=C(C[C@@H]1SC(=NC2CC2)NC1=O)Nc1ccc(F)cc1F. The van der Waals surface area contributed by atoms with Gasteiger partial charge in [-0.2, -0.15) is 0 Å². The summed E-state index contributed by atoms with van der Waals surface area (Å²) >= 11 is 1.21. The number of aliphatic imine (C=N–C) groups is 1. The Labute approximate surface area is 129 Å². The lowest BCUT2D eigenvalue weighted by Gasteiger charge is -2.08. The maximum absolute atomic E-state index is 13.5. The zero-order valence-electron chi connectivity index (χ0n) is 11.4. The molecule has 0 unspecified atom stereocenters. The summed E-state index contributed by atoms with van der Waals surface area (Å²) < 4.78 is 26.2. The molecule has 1 saturated heterocycles. The number of nitrogens with one attached hydrogen (secondary N) is 2. The summed E-state index contributed by atoms with van der Waals surface area (Å²) in [5.41, 5.74) is -0.110. The van der Waals surface area contributed by atoms with Gasteiger partial charge in [-0.1, -0.05) is 11.8 Å². The number of amides is 2. The number of amidine groups is 1. The van der Waals surface area contributed by atoms with E-state index in [1.165, 1.54) is 11.8 Å². The molecule has 0 bridgehead atoms. The minimum Gasteiger partial charge on any atom is -0.324 e. The third-order valence-corrected chi connectivity index (χ3v) is 4.30. The van der Waals surface area contributed by atoms with Gasteiger partial charge in [0.15, 0.2) is 5.17 Å². The highest BCUT2D eigenvalue weighted by atomic mass is 32.2. The van der Waals surface area contributed by atoms with Crippen molar-refractivity contribution in [3.05, 3.63) is 29.8 Å². The molecule has 1 aliphatic heterocycles. The van der Waals surface area contributed by atoms with Crippen LogP contribution in [0, 0.1) is 11.6 Å². The summed E-state index contributed by atoms with van der Waals surface area (Å²) in [4.78, 5) is 28.0. The van der Waals surface area contributed by atoms with Crippen molar-refractivity contribution in [1.29, 1.82) is 0 Å². The molecule has 1 aromatic carbocycles. The second kappa shape index (κ2) is 6.04. The van der Waals surface area contributed by atoms with E-state index in [1.54, 1.807) is 0 Å². The highest BCUT2D eigenvalue weighted by Gasteiger charge is 2.33. The van der Waals surface area contributed by atoms with Crippen molar-refractivity contribution in [3.63, 3.8) is 0 Å². The first-order valence-corrected chi connectivity index (χ1v) is 7.69. The van der Waals surface area contributed by atoms with Gasteiger partial charge in [0.25, 0.3) is 0 Å². The Morgan fingerprint density at radius 1 is 1.41 bits per heavy atom. The summed E-state index contributed by atoms with van der Waals surface area (Å²) in [6.07, 6.45) is 1.95. The normalized spacial score (nSPS) is 22.7. The summed E-state index contributed by atoms with van der Waals surface area (Å²) in [6, 6.07) is 3.16. The second-order valence-electron chi connectivity index (χ2n) is 5.14. The van der Waals surface area contributed by atoms with Gasteiger partial charge < -0.3 is 10.6 Å². The zero-order chi connectivity index (χ0) is 15.7. The van der Waals surface area contributed by atoms with Crippen molar-refractivity contribution in [2.24, 2.45) is 4.99 Å². The summed E-state index contributed by atoms with van der Waals surface area (Å²) in [6.45, 7) is 0. The zero-order valence-corrected chi connectivity index (χ0v) is 12.3. The van der Waals surface area contributed by atoms with Gasteiger partial charge in [0.2, 0.25) is 11.8 Å². The number of nitrogens with zero attached hydrogens (tertiary/aromatic N) is 1. The standard InChI is InChI=1S/C14H13F2N3O2S/c15-7-1-4-10(9(16)5-7)18-12(20)6-11-13(21)19-14(22-11)17-8-2-3-8/h1,4-5,8,11H,2-3,6H2,(H,18,20)(H,17,19,21)/t11-/m0/s1. The molecule has 0 aromatic heterocycles. The predicted molar refractivity (Wildman–Crippen MR) is 79.6 cm³/mol. The van der Waals surface area contributed by atoms with Crippen LogP contribution in [0.3, 0.4) is 0 Å². The van der Waals surface area contributed by atoms with Crippen molar-refractivity contribution < 1.29 is 18.4 Å². The molecule has 0 radical (unpaired) electrons. The topological polar surface area (TPSA) is 70.6 Å². The van der Waals surface area contributed by atoms with Crippen LogP contribution in [0.5, 0.6) is 0 Å². The fourth-order valence-electron chi connectivity index (χ4n) is 1.93. The van der Waals surface area contributed by atoms with E-state index in [0.717, 1.165) is 25.0 Å². The molecule has 1 heterocycles. The van der Waals surface area contributed by atoms with E-state index >= 15 is 0 Å². The second-order valence-corrected chi connectivity index (χ2v) is 6.33. The van der Waals surface area contributed by atoms with Crippen molar-refractivity contribution in [1.82, 2.24) is 5.32 Å². The van der Waals surface area contributed by atoms with Crippen LogP contribution in [0.2, 0.25) is 0 Å². The molecule has 1 saturated carbocycles. The minimum atomic E-state index is -0.854. The smallest absolute Gasteiger partial charge is 0.240 e. The molecule has 1 aromatic rings. The van der Waals surface area contributed by atoms with Gasteiger partial charge in [0, 0.05) is 12.5 Å². The Kier molecular flexibility index (Phi) is 4.10. The molecule has 1 atom stereocenters.